The number of anilines is 1. The molecule has 1 aliphatic heterocycles. The third-order valence-corrected chi connectivity index (χ3v) is 4.69. The first kappa shape index (κ1) is 22.9. The van der Waals surface area contributed by atoms with Crippen molar-refractivity contribution in [1.29, 1.82) is 0 Å². The average Bonchev–Trinajstić information content (AvgIpc) is 3.47. The quantitative estimate of drug-likeness (QED) is 0.793. The van der Waals surface area contributed by atoms with Gasteiger partial charge in [-0.3, -0.25) is 4.79 Å². The molecule has 0 spiro atoms. The van der Waals surface area contributed by atoms with Gasteiger partial charge in [0.2, 0.25) is 5.91 Å². The van der Waals surface area contributed by atoms with Crippen molar-refractivity contribution in [2.45, 2.75) is 38.9 Å². The zero-order valence-corrected chi connectivity index (χ0v) is 16.5. The number of aromatic nitrogens is 1. The summed E-state index contributed by atoms with van der Waals surface area (Å²) in [7, 11) is 1.63. The SMILES string of the molecule is COCCC(=O)N1CCN(CC2CC2)c2nc(C)ccc2C1.O=C(O)C(F)(F)F. The lowest BCUT2D eigenvalue weighted by atomic mass is 10.2. The molecule has 10 heteroatoms. The average molecular weight is 417 g/mol. The Labute approximate surface area is 167 Å². The van der Waals surface area contributed by atoms with Crippen molar-refractivity contribution >= 4 is 17.7 Å². The number of carbonyl (C=O) groups is 2. The Balaban J connectivity index is 0.000000370. The van der Waals surface area contributed by atoms with Crippen LogP contribution in [0.25, 0.3) is 0 Å². The fourth-order valence-electron chi connectivity index (χ4n) is 2.95. The molecule has 1 fully saturated rings. The molecule has 7 nitrogen and oxygen atoms in total. The number of fused-ring (bicyclic) bond motifs is 1. The minimum Gasteiger partial charge on any atom is -0.475 e. The number of nitrogens with zero attached hydrogens (tertiary/aromatic N) is 3. The van der Waals surface area contributed by atoms with Gasteiger partial charge in [0.1, 0.15) is 5.82 Å². The first-order valence-electron chi connectivity index (χ1n) is 9.40. The maximum Gasteiger partial charge on any atom is 0.490 e. The van der Waals surface area contributed by atoms with Crippen molar-refractivity contribution in [1.82, 2.24) is 9.88 Å². The molecule has 1 amide bonds. The first-order chi connectivity index (χ1) is 13.6. The van der Waals surface area contributed by atoms with E-state index in [0.29, 0.717) is 19.6 Å². The number of carboxylic acids is 1. The second kappa shape index (κ2) is 9.91. The van der Waals surface area contributed by atoms with E-state index in [4.69, 9.17) is 19.6 Å². The number of hydrogen-bond donors (Lipinski definition) is 1. The van der Waals surface area contributed by atoms with Crippen LogP contribution in [0.4, 0.5) is 19.0 Å². The van der Waals surface area contributed by atoms with Crippen LogP contribution < -0.4 is 4.90 Å². The summed E-state index contributed by atoms with van der Waals surface area (Å²) in [5.41, 5.74) is 2.20. The van der Waals surface area contributed by atoms with Gasteiger partial charge in [-0.1, -0.05) is 6.07 Å². The number of rotatable bonds is 5. The summed E-state index contributed by atoms with van der Waals surface area (Å²) in [6.07, 6.45) is -1.98. The van der Waals surface area contributed by atoms with Crippen LogP contribution in [0.15, 0.2) is 12.1 Å². The van der Waals surface area contributed by atoms with Crippen LogP contribution in [0.1, 0.15) is 30.5 Å². The Morgan fingerprint density at radius 1 is 1.28 bits per heavy atom. The van der Waals surface area contributed by atoms with Crippen molar-refractivity contribution in [3.8, 4) is 0 Å². The summed E-state index contributed by atoms with van der Waals surface area (Å²) in [4.78, 5) is 30.3. The van der Waals surface area contributed by atoms with Gasteiger partial charge in [0.15, 0.2) is 0 Å². The molecule has 2 aliphatic rings. The molecule has 0 saturated heterocycles. The van der Waals surface area contributed by atoms with E-state index in [-0.39, 0.29) is 5.91 Å². The van der Waals surface area contributed by atoms with Crippen LogP contribution in [0, 0.1) is 12.8 Å². The Morgan fingerprint density at radius 3 is 2.48 bits per heavy atom. The van der Waals surface area contributed by atoms with E-state index in [1.54, 1.807) is 7.11 Å². The minimum atomic E-state index is -5.08. The Kier molecular flexibility index (Phi) is 7.83. The van der Waals surface area contributed by atoms with Gasteiger partial charge >= 0.3 is 12.1 Å². The number of alkyl halides is 3. The van der Waals surface area contributed by atoms with Gasteiger partial charge in [0.05, 0.1) is 13.0 Å². The standard InChI is InChI=1S/C17H25N3O2.C2HF3O2/c1-13-3-6-15-12-19(16(21)7-10-22-2)8-9-20(17(15)18-13)11-14-4-5-14;3-2(4,5)1(6)7/h3,6,14H,4-5,7-12H2,1-2H3;(H,6,7). The van der Waals surface area contributed by atoms with E-state index in [1.807, 2.05) is 17.9 Å². The summed E-state index contributed by atoms with van der Waals surface area (Å²) < 4.78 is 36.8. The lowest BCUT2D eigenvalue weighted by molar-refractivity contribution is -0.192. The van der Waals surface area contributed by atoms with E-state index in [1.165, 1.54) is 12.8 Å². The van der Waals surface area contributed by atoms with E-state index in [2.05, 4.69) is 11.0 Å². The number of aliphatic carboxylic acids is 1. The van der Waals surface area contributed by atoms with Crippen LogP contribution in [0.3, 0.4) is 0 Å². The molecule has 0 unspecified atom stereocenters. The van der Waals surface area contributed by atoms with Gasteiger partial charge in [-0.05, 0) is 31.7 Å². The van der Waals surface area contributed by atoms with Crippen molar-refractivity contribution in [3.63, 3.8) is 0 Å². The van der Waals surface area contributed by atoms with E-state index in [0.717, 1.165) is 42.6 Å². The third kappa shape index (κ3) is 7.19. The number of methoxy groups -OCH3 is 1. The zero-order valence-electron chi connectivity index (χ0n) is 16.5. The predicted octanol–water partition coefficient (Wildman–Crippen LogP) is 2.62. The monoisotopic (exact) mass is 417 g/mol. The smallest absolute Gasteiger partial charge is 0.475 e. The number of carbonyl (C=O) groups excluding carboxylic acids is 1. The van der Waals surface area contributed by atoms with Crippen LogP contribution in [-0.4, -0.2) is 66.4 Å². The largest absolute Gasteiger partial charge is 0.490 e. The lowest BCUT2D eigenvalue weighted by Crippen LogP contribution is -2.36. The number of pyridine rings is 1. The molecule has 2 heterocycles. The molecule has 162 valence electrons. The Morgan fingerprint density at radius 2 is 1.93 bits per heavy atom. The summed E-state index contributed by atoms with van der Waals surface area (Å²) in [5, 5.41) is 7.12. The van der Waals surface area contributed by atoms with Gasteiger partial charge in [-0.15, -0.1) is 0 Å². The van der Waals surface area contributed by atoms with Crippen molar-refractivity contribution in [3.05, 3.63) is 23.4 Å². The van der Waals surface area contributed by atoms with E-state index in [9.17, 15) is 18.0 Å². The highest BCUT2D eigenvalue weighted by molar-refractivity contribution is 5.77. The van der Waals surface area contributed by atoms with E-state index >= 15 is 0 Å². The highest BCUT2D eigenvalue weighted by Gasteiger charge is 2.38. The highest BCUT2D eigenvalue weighted by Crippen LogP contribution is 2.33. The fraction of sp³-hybridized carbons (Fsp3) is 0.632. The summed E-state index contributed by atoms with van der Waals surface area (Å²) in [6, 6.07) is 4.16. The molecule has 3 rings (SSSR count). The van der Waals surface area contributed by atoms with Crippen LogP contribution >= 0.6 is 0 Å². The van der Waals surface area contributed by atoms with Gasteiger partial charge in [0.25, 0.3) is 0 Å². The van der Waals surface area contributed by atoms with Gasteiger partial charge in [-0.2, -0.15) is 13.2 Å². The fourth-order valence-corrected chi connectivity index (χ4v) is 2.95. The van der Waals surface area contributed by atoms with Gasteiger partial charge < -0.3 is 19.6 Å². The molecule has 0 radical (unpaired) electrons. The number of amides is 1. The summed E-state index contributed by atoms with van der Waals surface area (Å²) >= 11 is 0. The summed E-state index contributed by atoms with van der Waals surface area (Å²) in [6.45, 7) is 5.89. The number of aryl methyl sites for hydroxylation is 1. The molecule has 1 aliphatic carbocycles. The second-order valence-corrected chi connectivity index (χ2v) is 7.19. The second-order valence-electron chi connectivity index (χ2n) is 7.19. The molecule has 1 aromatic rings. The number of carboxylic acid groups (broad SMARTS) is 1. The third-order valence-electron chi connectivity index (χ3n) is 4.69. The first-order valence-corrected chi connectivity index (χ1v) is 9.40. The number of ether oxygens (including phenoxy) is 1. The van der Waals surface area contributed by atoms with Crippen LogP contribution in [0.2, 0.25) is 0 Å². The molecule has 0 atom stereocenters. The topological polar surface area (TPSA) is 83.0 Å². The predicted molar refractivity (Wildman–Crippen MR) is 99.5 cm³/mol. The van der Waals surface area contributed by atoms with Crippen molar-refractivity contribution in [2.75, 3.05) is 38.3 Å². The maximum absolute atomic E-state index is 12.3. The van der Waals surface area contributed by atoms with Gasteiger partial charge in [-0.25, -0.2) is 9.78 Å². The Hall–Kier alpha value is -2.36. The minimum absolute atomic E-state index is 0.168. The van der Waals surface area contributed by atoms with Crippen LogP contribution in [0.5, 0.6) is 0 Å². The molecule has 0 aromatic carbocycles. The Bertz CT molecular complexity index is 723. The molecular weight excluding hydrogens is 391 g/mol. The van der Waals surface area contributed by atoms with Crippen molar-refractivity contribution < 1.29 is 32.6 Å². The number of halogens is 3. The maximum atomic E-state index is 12.3. The normalized spacial score (nSPS) is 16.4. The van der Waals surface area contributed by atoms with Crippen LogP contribution in [-0.2, 0) is 20.9 Å². The lowest BCUT2D eigenvalue weighted by Gasteiger charge is -2.24. The molecule has 29 heavy (non-hydrogen) atoms. The van der Waals surface area contributed by atoms with Gasteiger partial charge in [0, 0.05) is 44.5 Å². The van der Waals surface area contributed by atoms with E-state index < -0.39 is 12.1 Å². The molecule has 0 bridgehead atoms. The number of hydrogen-bond acceptors (Lipinski definition) is 5. The molecule has 1 aromatic heterocycles. The highest BCUT2D eigenvalue weighted by atomic mass is 19.4. The zero-order chi connectivity index (χ0) is 21.6. The molecule has 1 saturated carbocycles. The molecule has 1 N–H and O–H groups in total. The van der Waals surface area contributed by atoms with Crippen molar-refractivity contribution in [2.24, 2.45) is 5.92 Å². The molecular formula is C19H26F3N3O4. The summed E-state index contributed by atoms with van der Waals surface area (Å²) in [5.74, 6) is -0.700.